The van der Waals surface area contributed by atoms with E-state index in [2.05, 4.69) is 4.57 Å². The Hall–Kier alpha value is -5.08. The average molecular weight is 494 g/mol. The maximum atomic E-state index is 8.98. The first-order valence-corrected chi connectivity index (χ1v) is 12.3. The molecular formula is C36H24N2. The molecule has 0 fully saturated rings. The van der Waals surface area contributed by atoms with Crippen molar-refractivity contribution in [1.29, 1.82) is 0 Å². The molecule has 0 bridgehead atoms. The van der Waals surface area contributed by atoms with E-state index in [-0.39, 0.29) is 53.9 Å². The van der Waals surface area contributed by atoms with E-state index in [1.54, 1.807) is 12.1 Å². The van der Waals surface area contributed by atoms with Crippen LogP contribution in [0, 0.1) is 0 Å². The molecule has 8 aromatic rings. The fraction of sp³-hybridized carbons (Fsp3) is 0. The Morgan fingerprint density at radius 2 is 1.05 bits per heavy atom. The van der Waals surface area contributed by atoms with Gasteiger partial charge in [0.25, 0.3) is 0 Å². The van der Waals surface area contributed by atoms with Crippen molar-refractivity contribution in [3.05, 3.63) is 145 Å². The summed E-state index contributed by atoms with van der Waals surface area (Å²) in [4.78, 5) is 0. The summed E-state index contributed by atoms with van der Waals surface area (Å²) < 4.78 is 79.8. The normalized spacial score (nSPS) is 15.0. The molecule has 2 heterocycles. The zero-order valence-electron chi connectivity index (χ0n) is 29.1. The first kappa shape index (κ1) is 14.0. The zero-order valence-corrected chi connectivity index (χ0v) is 20.1. The Balaban J connectivity index is 1.46. The summed E-state index contributed by atoms with van der Waals surface area (Å²) in [5.74, 6) is 0. The summed E-state index contributed by atoms with van der Waals surface area (Å²) in [7, 11) is 0. The van der Waals surface area contributed by atoms with Crippen LogP contribution in [0.5, 0.6) is 0 Å². The van der Waals surface area contributed by atoms with Crippen molar-refractivity contribution < 1.29 is 12.3 Å². The number of para-hydroxylation sites is 4. The van der Waals surface area contributed by atoms with Gasteiger partial charge in [-0.15, -0.1) is 0 Å². The van der Waals surface area contributed by atoms with Crippen LogP contribution in [-0.2, 0) is 0 Å². The Kier molecular flexibility index (Phi) is 3.03. The zero-order chi connectivity index (χ0) is 32.9. The van der Waals surface area contributed by atoms with Crippen LogP contribution < -0.4 is 0 Å². The summed E-state index contributed by atoms with van der Waals surface area (Å²) in [6, 6.07) is 26.1. The van der Waals surface area contributed by atoms with E-state index >= 15 is 0 Å². The molecular weight excluding hydrogens is 460 g/mol. The Morgan fingerprint density at radius 3 is 1.84 bits per heavy atom. The van der Waals surface area contributed by atoms with Crippen LogP contribution in [0.4, 0.5) is 0 Å². The summed E-state index contributed by atoms with van der Waals surface area (Å²) in [5.41, 5.74) is 4.97. The number of rotatable bonds is 3. The fourth-order valence-electron chi connectivity index (χ4n) is 5.54. The minimum Gasteiger partial charge on any atom is -0.307 e. The number of fused-ring (bicyclic) bond motifs is 6. The fourth-order valence-corrected chi connectivity index (χ4v) is 5.54. The lowest BCUT2D eigenvalue weighted by molar-refractivity contribution is 1.13. The minimum atomic E-state index is -0.437. The molecule has 38 heavy (non-hydrogen) atoms. The van der Waals surface area contributed by atoms with Crippen molar-refractivity contribution in [2.75, 3.05) is 0 Å². The highest BCUT2D eigenvalue weighted by molar-refractivity contribution is 6.15. The van der Waals surface area contributed by atoms with Gasteiger partial charge in [0.2, 0.25) is 0 Å². The summed E-state index contributed by atoms with van der Waals surface area (Å²) >= 11 is 0. The topological polar surface area (TPSA) is 9.86 Å². The second-order valence-corrected chi connectivity index (χ2v) is 9.15. The highest BCUT2D eigenvalue weighted by Crippen LogP contribution is 2.39. The predicted molar refractivity (Wildman–Crippen MR) is 161 cm³/mol. The van der Waals surface area contributed by atoms with Crippen molar-refractivity contribution in [3.8, 4) is 22.5 Å². The molecule has 0 aliphatic carbocycles. The Bertz CT molecular complexity index is 2590. The van der Waals surface area contributed by atoms with Gasteiger partial charge in [0.15, 0.2) is 0 Å². The van der Waals surface area contributed by atoms with Gasteiger partial charge in [-0.05, 0) is 47.5 Å². The maximum Gasteiger partial charge on any atom is 0.0782 e. The Labute approximate surface area is 233 Å². The highest BCUT2D eigenvalue weighted by Gasteiger charge is 2.19. The van der Waals surface area contributed by atoms with Crippen LogP contribution in [0.2, 0.25) is 0 Å². The molecule has 0 aliphatic rings. The number of hydrogen-bond acceptors (Lipinski definition) is 0. The van der Waals surface area contributed by atoms with Gasteiger partial charge < -0.3 is 9.13 Å². The molecule has 0 aliphatic heterocycles. The first-order valence-electron chi connectivity index (χ1n) is 16.8. The monoisotopic (exact) mass is 493 g/mol. The third kappa shape index (κ3) is 3.01. The van der Waals surface area contributed by atoms with E-state index in [1.165, 1.54) is 0 Å². The van der Waals surface area contributed by atoms with Gasteiger partial charge in [-0.2, -0.15) is 0 Å². The van der Waals surface area contributed by atoms with Crippen molar-refractivity contribution in [2.24, 2.45) is 0 Å². The quantitative estimate of drug-likeness (QED) is 0.232. The average Bonchev–Trinajstić information content (AvgIpc) is 3.62. The van der Waals surface area contributed by atoms with Crippen molar-refractivity contribution in [1.82, 2.24) is 9.13 Å². The molecule has 2 aromatic heterocycles. The summed E-state index contributed by atoms with van der Waals surface area (Å²) in [5, 5.41) is 3.10. The third-order valence-electron chi connectivity index (χ3n) is 7.13. The molecule has 178 valence electrons. The first-order chi connectivity index (χ1) is 22.6. The van der Waals surface area contributed by atoms with Crippen LogP contribution in [0.15, 0.2) is 145 Å². The number of hydrogen-bond donors (Lipinski definition) is 0. The van der Waals surface area contributed by atoms with Gasteiger partial charge in [0, 0.05) is 27.2 Å². The lowest BCUT2D eigenvalue weighted by atomic mass is 10.1. The third-order valence-corrected chi connectivity index (χ3v) is 7.13. The standard InChI is InChI=1S/C36H24N2/c1-2-11-25(12-3-1)26-21-23-27(24-22-26)37-32-17-7-6-15-30(32)31-16-10-20-35(36(31)37)38-33-18-8-4-13-28(33)29-14-5-9-19-34(29)38/h1-24H/i1D,2D,3D,4D,8D,11D,12D,13D,18D. The Morgan fingerprint density at radius 1 is 0.421 bits per heavy atom. The van der Waals surface area contributed by atoms with Gasteiger partial charge in [-0.3, -0.25) is 0 Å². The van der Waals surface area contributed by atoms with Crippen LogP contribution in [0.3, 0.4) is 0 Å². The maximum absolute atomic E-state index is 8.98. The van der Waals surface area contributed by atoms with E-state index in [0.717, 1.165) is 44.1 Å². The number of benzene rings is 6. The van der Waals surface area contributed by atoms with E-state index in [9.17, 15) is 0 Å². The molecule has 8 rings (SSSR count). The molecule has 2 heteroatoms. The van der Waals surface area contributed by atoms with Gasteiger partial charge in [-0.1, -0.05) is 109 Å². The largest absolute Gasteiger partial charge is 0.307 e. The molecule has 0 unspecified atom stereocenters. The van der Waals surface area contributed by atoms with Crippen LogP contribution in [0.1, 0.15) is 12.3 Å². The van der Waals surface area contributed by atoms with Gasteiger partial charge >= 0.3 is 0 Å². The molecule has 6 aromatic carbocycles. The molecule has 2 nitrogen and oxygen atoms in total. The van der Waals surface area contributed by atoms with E-state index in [0.29, 0.717) is 16.5 Å². The molecule has 0 saturated carbocycles. The number of nitrogens with zero attached hydrogens (tertiary/aromatic N) is 2. The summed E-state index contributed by atoms with van der Waals surface area (Å²) in [6.45, 7) is 0. The van der Waals surface area contributed by atoms with E-state index in [1.807, 2.05) is 83.4 Å². The smallest absolute Gasteiger partial charge is 0.0782 e. The van der Waals surface area contributed by atoms with Crippen molar-refractivity contribution >= 4 is 43.6 Å². The lowest BCUT2D eigenvalue weighted by Gasteiger charge is -2.14. The van der Waals surface area contributed by atoms with Gasteiger partial charge in [0.05, 0.1) is 40.1 Å². The van der Waals surface area contributed by atoms with Crippen LogP contribution in [0.25, 0.3) is 66.1 Å². The SMILES string of the molecule is [2H]c1c([2H])c([2H])c(-c2ccc(-n3c4ccccc4c4cccc(-n5c6ccccc6c6c([2H])c([2H])c([2H])c([2H])c65)c43)cc2)c([2H])c1[2H]. The van der Waals surface area contributed by atoms with Crippen molar-refractivity contribution in [2.45, 2.75) is 0 Å². The van der Waals surface area contributed by atoms with Gasteiger partial charge in [-0.25, -0.2) is 0 Å². The van der Waals surface area contributed by atoms with Crippen LogP contribution >= 0.6 is 0 Å². The number of aromatic nitrogens is 2. The predicted octanol–water partition coefficient (Wildman–Crippen LogP) is 9.55. The van der Waals surface area contributed by atoms with Gasteiger partial charge in [0.1, 0.15) is 0 Å². The molecule has 0 spiro atoms. The second kappa shape index (κ2) is 8.22. The van der Waals surface area contributed by atoms with Crippen molar-refractivity contribution in [3.63, 3.8) is 0 Å². The minimum absolute atomic E-state index is 0.0908. The second-order valence-electron chi connectivity index (χ2n) is 9.15. The highest BCUT2D eigenvalue weighted by atomic mass is 15.1. The molecule has 0 radical (unpaired) electrons. The molecule has 0 N–H and O–H groups in total. The van der Waals surface area contributed by atoms with E-state index in [4.69, 9.17) is 12.3 Å². The van der Waals surface area contributed by atoms with E-state index < -0.39 is 6.04 Å². The molecule has 0 saturated heterocycles. The molecule has 0 amide bonds. The molecule has 0 atom stereocenters. The summed E-state index contributed by atoms with van der Waals surface area (Å²) in [6.07, 6.45) is 0. The van der Waals surface area contributed by atoms with Crippen LogP contribution in [-0.4, -0.2) is 9.13 Å². The lowest BCUT2D eigenvalue weighted by Crippen LogP contribution is -2.00.